The van der Waals surface area contributed by atoms with Crippen molar-refractivity contribution in [3.05, 3.63) is 90.5 Å². The molecule has 0 radical (unpaired) electrons. The standard InChI is InChI=1S/C34H29BO2/c1-2-9-26(34-18-21-15-22(19-34)17-23(16-21)20-34)24(7-1)25-8-5-11-28-33(25)37-31-14-6-13-30-32(31)35(28)27-10-3-4-12-29(27)36-30/h1-14,21-23H,15-20H2. The van der Waals surface area contributed by atoms with E-state index in [4.69, 9.17) is 9.47 Å². The maximum absolute atomic E-state index is 6.82. The van der Waals surface area contributed by atoms with E-state index in [1.54, 1.807) is 5.56 Å². The first kappa shape index (κ1) is 20.6. The predicted molar refractivity (Wildman–Crippen MR) is 149 cm³/mol. The highest BCUT2D eigenvalue weighted by molar-refractivity contribution is 6.98. The molecule has 10 rings (SSSR count). The molecule has 2 heterocycles. The van der Waals surface area contributed by atoms with Gasteiger partial charge in [-0.25, -0.2) is 0 Å². The number of ether oxygens (including phenoxy) is 2. The summed E-state index contributed by atoms with van der Waals surface area (Å²) in [6, 6.07) is 30.8. The molecule has 4 saturated carbocycles. The van der Waals surface area contributed by atoms with Crippen molar-refractivity contribution in [3.63, 3.8) is 0 Å². The van der Waals surface area contributed by atoms with Crippen LogP contribution in [0.4, 0.5) is 0 Å². The minimum atomic E-state index is 0.117. The summed E-state index contributed by atoms with van der Waals surface area (Å²) in [4.78, 5) is 0. The van der Waals surface area contributed by atoms with E-state index in [2.05, 4.69) is 84.9 Å². The van der Waals surface area contributed by atoms with Gasteiger partial charge in [-0.3, -0.25) is 0 Å². The van der Waals surface area contributed by atoms with Gasteiger partial charge in [0.15, 0.2) is 0 Å². The highest BCUT2D eigenvalue weighted by Crippen LogP contribution is 2.62. The van der Waals surface area contributed by atoms with Crippen molar-refractivity contribution in [1.82, 2.24) is 0 Å². The summed E-state index contributed by atoms with van der Waals surface area (Å²) in [6.07, 6.45) is 8.50. The fourth-order valence-electron chi connectivity index (χ4n) is 9.23. The SMILES string of the molecule is c1ccc2c(c1)Oc1cccc3c1B2c1cccc(-c2ccccc2C24CC5CC(CC(C5)C2)C4)c1O3. The monoisotopic (exact) mass is 480 g/mol. The van der Waals surface area contributed by atoms with E-state index in [1.165, 1.54) is 60.6 Å². The summed E-state index contributed by atoms with van der Waals surface area (Å²) in [5.74, 6) is 6.56. The van der Waals surface area contributed by atoms with Gasteiger partial charge in [0.05, 0.1) is 0 Å². The molecule has 3 heteroatoms. The molecule has 180 valence electrons. The van der Waals surface area contributed by atoms with Gasteiger partial charge >= 0.3 is 0 Å². The van der Waals surface area contributed by atoms with Crippen LogP contribution in [0.3, 0.4) is 0 Å². The van der Waals surface area contributed by atoms with Crippen LogP contribution in [0.1, 0.15) is 44.1 Å². The van der Waals surface area contributed by atoms with Crippen LogP contribution in [0.15, 0.2) is 84.9 Å². The smallest absolute Gasteiger partial charge is 0.260 e. The quantitative estimate of drug-likeness (QED) is 0.262. The van der Waals surface area contributed by atoms with Crippen LogP contribution in [0, 0.1) is 17.8 Å². The Balaban J connectivity index is 1.25. The van der Waals surface area contributed by atoms with Crippen molar-refractivity contribution >= 4 is 23.1 Å². The van der Waals surface area contributed by atoms with Crippen LogP contribution in [0.5, 0.6) is 23.0 Å². The van der Waals surface area contributed by atoms with E-state index < -0.39 is 0 Å². The number of fused-ring (bicyclic) bond motifs is 4. The Morgan fingerprint density at radius 2 is 1.16 bits per heavy atom. The molecule has 0 amide bonds. The average Bonchev–Trinajstić information content (AvgIpc) is 2.92. The molecule has 0 N–H and O–H groups in total. The zero-order valence-electron chi connectivity index (χ0n) is 21.0. The normalized spacial score (nSPS) is 27.6. The largest absolute Gasteiger partial charge is 0.458 e. The minimum absolute atomic E-state index is 0.117. The summed E-state index contributed by atoms with van der Waals surface area (Å²) >= 11 is 0. The molecule has 6 aliphatic rings. The van der Waals surface area contributed by atoms with Crippen LogP contribution < -0.4 is 25.9 Å². The van der Waals surface area contributed by atoms with Gasteiger partial charge < -0.3 is 9.47 Å². The number of para-hydroxylation sites is 2. The average molecular weight is 480 g/mol. The van der Waals surface area contributed by atoms with Gasteiger partial charge in [-0.15, -0.1) is 0 Å². The summed E-state index contributed by atoms with van der Waals surface area (Å²) in [5, 5.41) is 0. The zero-order chi connectivity index (χ0) is 24.1. The number of rotatable bonds is 2. The molecule has 0 saturated heterocycles. The molecule has 4 aliphatic carbocycles. The molecule has 0 unspecified atom stereocenters. The van der Waals surface area contributed by atoms with Gasteiger partial charge in [0.2, 0.25) is 0 Å². The predicted octanol–water partition coefficient (Wildman–Crippen LogP) is 6.55. The lowest BCUT2D eigenvalue weighted by atomic mass is 9.34. The van der Waals surface area contributed by atoms with Gasteiger partial charge in [-0.05, 0) is 102 Å². The van der Waals surface area contributed by atoms with Gasteiger partial charge in [0.1, 0.15) is 23.0 Å². The molecule has 4 fully saturated rings. The lowest BCUT2D eigenvalue weighted by molar-refractivity contribution is -0.00492. The van der Waals surface area contributed by atoms with Crippen molar-refractivity contribution in [2.75, 3.05) is 0 Å². The highest BCUT2D eigenvalue weighted by Gasteiger charge is 2.52. The molecule has 4 aromatic rings. The molecule has 2 nitrogen and oxygen atoms in total. The molecular formula is C34H29BO2. The van der Waals surface area contributed by atoms with Crippen LogP contribution in [-0.2, 0) is 5.41 Å². The van der Waals surface area contributed by atoms with Crippen molar-refractivity contribution < 1.29 is 9.47 Å². The topological polar surface area (TPSA) is 18.5 Å². The molecular weight excluding hydrogens is 451 g/mol. The third-order valence-corrected chi connectivity index (χ3v) is 10.2. The first-order chi connectivity index (χ1) is 18.3. The van der Waals surface area contributed by atoms with Crippen LogP contribution in [0.2, 0.25) is 0 Å². The summed E-state index contributed by atoms with van der Waals surface area (Å²) < 4.78 is 13.1. The van der Waals surface area contributed by atoms with Gasteiger partial charge in [-0.2, -0.15) is 0 Å². The number of hydrogen-bond acceptors (Lipinski definition) is 2. The van der Waals surface area contributed by atoms with E-state index in [1.807, 2.05) is 0 Å². The van der Waals surface area contributed by atoms with Crippen molar-refractivity contribution in [1.29, 1.82) is 0 Å². The van der Waals surface area contributed by atoms with Gasteiger partial charge in [-0.1, -0.05) is 66.7 Å². The third kappa shape index (κ3) is 2.83. The molecule has 4 aromatic carbocycles. The Morgan fingerprint density at radius 1 is 0.568 bits per heavy atom. The number of hydrogen-bond donors (Lipinski definition) is 0. The minimum Gasteiger partial charge on any atom is -0.458 e. The highest BCUT2D eigenvalue weighted by atomic mass is 16.5. The Hall–Kier alpha value is -3.46. The molecule has 4 bridgehead atoms. The fraction of sp³-hybridized carbons (Fsp3) is 0.294. The second-order valence-corrected chi connectivity index (χ2v) is 12.3. The Bertz CT molecular complexity index is 1550. The molecule has 0 aromatic heterocycles. The van der Waals surface area contributed by atoms with E-state index in [0.29, 0.717) is 5.41 Å². The Kier molecular flexibility index (Phi) is 4.07. The van der Waals surface area contributed by atoms with Gasteiger partial charge in [0, 0.05) is 11.0 Å². The van der Waals surface area contributed by atoms with E-state index >= 15 is 0 Å². The molecule has 37 heavy (non-hydrogen) atoms. The van der Waals surface area contributed by atoms with Gasteiger partial charge in [0.25, 0.3) is 6.71 Å². The second kappa shape index (κ2) is 7.31. The first-order valence-corrected chi connectivity index (χ1v) is 14.1. The number of benzene rings is 4. The van der Waals surface area contributed by atoms with E-state index in [0.717, 1.165) is 46.2 Å². The van der Waals surface area contributed by atoms with Crippen molar-refractivity contribution in [3.8, 4) is 34.1 Å². The first-order valence-electron chi connectivity index (χ1n) is 14.1. The Morgan fingerprint density at radius 3 is 1.97 bits per heavy atom. The second-order valence-electron chi connectivity index (χ2n) is 12.3. The molecule has 0 spiro atoms. The zero-order valence-corrected chi connectivity index (χ0v) is 21.0. The third-order valence-electron chi connectivity index (χ3n) is 10.2. The lowest BCUT2D eigenvalue weighted by Gasteiger charge is -2.57. The lowest BCUT2D eigenvalue weighted by Crippen LogP contribution is -2.57. The summed E-state index contributed by atoms with van der Waals surface area (Å²) in [5.41, 5.74) is 8.13. The van der Waals surface area contributed by atoms with Crippen LogP contribution in [-0.4, -0.2) is 6.71 Å². The summed E-state index contributed by atoms with van der Waals surface area (Å²) in [6.45, 7) is 0.117. The van der Waals surface area contributed by atoms with Crippen LogP contribution >= 0.6 is 0 Å². The molecule has 2 aliphatic heterocycles. The van der Waals surface area contributed by atoms with Crippen LogP contribution in [0.25, 0.3) is 11.1 Å². The fourth-order valence-corrected chi connectivity index (χ4v) is 9.23. The van der Waals surface area contributed by atoms with Crippen molar-refractivity contribution in [2.45, 2.75) is 43.9 Å². The van der Waals surface area contributed by atoms with E-state index in [9.17, 15) is 0 Å². The van der Waals surface area contributed by atoms with E-state index in [-0.39, 0.29) is 6.71 Å². The maximum atomic E-state index is 6.82. The summed E-state index contributed by atoms with van der Waals surface area (Å²) in [7, 11) is 0. The van der Waals surface area contributed by atoms with Crippen molar-refractivity contribution in [2.24, 2.45) is 17.8 Å². The molecule has 0 atom stereocenters. The maximum Gasteiger partial charge on any atom is 0.260 e. The Labute approximate surface area is 218 Å².